The number of pyridine rings is 2. The second-order valence-electron chi connectivity index (χ2n) is 6.36. The molecule has 136 valence electrons. The summed E-state index contributed by atoms with van der Waals surface area (Å²) in [6.45, 7) is 0. The van der Waals surface area contributed by atoms with Gasteiger partial charge in [0.15, 0.2) is 12.8 Å². The second-order valence-corrected chi connectivity index (χ2v) is 6.36. The molecule has 0 saturated heterocycles. The molecular formula is C21H15N4O3+. The van der Waals surface area contributed by atoms with Gasteiger partial charge in [-0.2, -0.15) is 0 Å². The minimum atomic E-state index is -0.146. The van der Waals surface area contributed by atoms with Gasteiger partial charge in [0, 0.05) is 29.1 Å². The fourth-order valence-corrected chi connectivity index (χ4v) is 3.54. The van der Waals surface area contributed by atoms with Crippen molar-refractivity contribution >= 4 is 33.3 Å². The van der Waals surface area contributed by atoms with E-state index in [-0.39, 0.29) is 5.56 Å². The molecule has 0 saturated carbocycles. The summed E-state index contributed by atoms with van der Waals surface area (Å²) in [5.41, 5.74) is 3.01. The fraction of sp³-hybridized carbons (Fsp3) is 0.0476. The van der Waals surface area contributed by atoms with Crippen molar-refractivity contribution in [2.75, 3.05) is 7.11 Å². The van der Waals surface area contributed by atoms with Crippen LogP contribution in [0.4, 0.5) is 5.69 Å². The van der Waals surface area contributed by atoms with E-state index in [1.165, 1.54) is 7.11 Å². The monoisotopic (exact) mass is 371 g/mol. The van der Waals surface area contributed by atoms with Gasteiger partial charge in [0.25, 0.3) is 10.5 Å². The Bertz CT molecular complexity index is 1430. The molecule has 0 unspecified atom stereocenters. The van der Waals surface area contributed by atoms with Crippen LogP contribution in [-0.4, -0.2) is 26.0 Å². The first-order valence-corrected chi connectivity index (χ1v) is 8.71. The topological polar surface area (TPSA) is 68.6 Å². The normalized spacial score (nSPS) is 11.3. The maximum Gasteiger partial charge on any atom is 0.316 e. The first-order valence-electron chi connectivity index (χ1n) is 8.71. The zero-order valence-corrected chi connectivity index (χ0v) is 14.9. The molecule has 7 nitrogen and oxygen atoms in total. The van der Waals surface area contributed by atoms with Crippen LogP contribution in [0.2, 0.25) is 0 Å². The molecule has 5 aromatic rings. The maximum absolute atomic E-state index is 13.4. The molecule has 0 atom stereocenters. The van der Waals surface area contributed by atoms with E-state index < -0.39 is 0 Å². The van der Waals surface area contributed by atoms with Gasteiger partial charge in [-0.05, 0) is 30.3 Å². The summed E-state index contributed by atoms with van der Waals surface area (Å²) in [7, 11) is 1.30. The average molecular weight is 371 g/mol. The highest BCUT2D eigenvalue weighted by molar-refractivity contribution is 6.04. The first kappa shape index (κ1) is 16.2. The summed E-state index contributed by atoms with van der Waals surface area (Å²) in [6.07, 6.45) is 1.88. The van der Waals surface area contributed by atoms with Crippen LogP contribution in [-0.2, 0) is 4.84 Å². The van der Waals surface area contributed by atoms with E-state index in [4.69, 9.17) is 4.98 Å². The largest absolute Gasteiger partial charge is 0.316 e. The number of imidazole rings is 1. The van der Waals surface area contributed by atoms with E-state index in [0.717, 1.165) is 16.6 Å². The van der Waals surface area contributed by atoms with Crippen molar-refractivity contribution in [1.82, 2.24) is 14.0 Å². The molecule has 0 fully saturated rings. The van der Waals surface area contributed by atoms with E-state index in [2.05, 4.69) is 4.84 Å². The van der Waals surface area contributed by atoms with Gasteiger partial charge in [0.2, 0.25) is 0 Å². The first-order chi connectivity index (χ1) is 13.7. The molecule has 0 aliphatic heterocycles. The summed E-state index contributed by atoms with van der Waals surface area (Å²) < 4.78 is 3.52. The third-order valence-electron chi connectivity index (χ3n) is 4.82. The van der Waals surface area contributed by atoms with Crippen molar-refractivity contribution in [2.45, 2.75) is 0 Å². The summed E-state index contributed by atoms with van der Waals surface area (Å²) in [5, 5.41) is 1.40. The van der Waals surface area contributed by atoms with Gasteiger partial charge in [-0.25, -0.2) is 9.82 Å². The number of hydrogen-bond acceptors (Lipinski definition) is 4. The van der Waals surface area contributed by atoms with E-state index in [9.17, 15) is 9.70 Å². The Morgan fingerprint density at radius 2 is 1.64 bits per heavy atom. The summed E-state index contributed by atoms with van der Waals surface area (Å²) in [5.74, 6) is 0. The van der Waals surface area contributed by atoms with E-state index in [1.54, 1.807) is 34.9 Å². The lowest BCUT2D eigenvalue weighted by Gasteiger charge is -2.10. The van der Waals surface area contributed by atoms with Crippen LogP contribution in [0.3, 0.4) is 0 Å². The van der Waals surface area contributed by atoms with Gasteiger partial charge >= 0.3 is 5.69 Å². The van der Waals surface area contributed by atoms with Crippen molar-refractivity contribution in [3.63, 3.8) is 0 Å². The van der Waals surface area contributed by atoms with Crippen molar-refractivity contribution < 1.29 is 9.76 Å². The Kier molecular flexibility index (Phi) is 3.48. The molecule has 0 aliphatic rings. The number of rotatable bonds is 3. The third-order valence-corrected chi connectivity index (χ3v) is 4.82. The SMILES string of the molecule is CO[N+](=O)c1ccc(-n2c(=O)c3ccccc3c3nc4ccccn4c32)cc1. The molecule has 0 bridgehead atoms. The van der Waals surface area contributed by atoms with Crippen molar-refractivity contribution in [3.05, 3.63) is 88.2 Å². The zero-order valence-electron chi connectivity index (χ0n) is 14.9. The van der Waals surface area contributed by atoms with Gasteiger partial charge in [0.1, 0.15) is 11.2 Å². The molecule has 5 rings (SSSR count). The van der Waals surface area contributed by atoms with E-state index >= 15 is 0 Å². The average Bonchev–Trinajstić information content (AvgIpc) is 3.13. The molecule has 7 heteroatoms. The van der Waals surface area contributed by atoms with Gasteiger partial charge in [-0.15, -0.1) is 0 Å². The number of hydrogen-bond donors (Lipinski definition) is 0. The minimum Gasteiger partial charge on any atom is -0.285 e. The quantitative estimate of drug-likeness (QED) is 0.453. The summed E-state index contributed by atoms with van der Waals surface area (Å²) >= 11 is 0. The molecule has 0 radical (unpaired) electrons. The fourth-order valence-electron chi connectivity index (χ4n) is 3.54. The molecule has 0 spiro atoms. The lowest BCUT2D eigenvalue weighted by Crippen LogP contribution is -2.20. The van der Waals surface area contributed by atoms with Crippen LogP contribution in [0.1, 0.15) is 0 Å². The van der Waals surface area contributed by atoms with Crippen LogP contribution in [0.15, 0.2) is 77.7 Å². The smallest absolute Gasteiger partial charge is 0.285 e. The van der Waals surface area contributed by atoms with Gasteiger partial charge < -0.3 is 0 Å². The molecule has 3 aromatic heterocycles. The Hall–Kier alpha value is -4.00. The van der Waals surface area contributed by atoms with Gasteiger partial charge in [-0.3, -0.25) is 13.8 Å². The zero-order chi connectivity index (χ0) is 19.3. The van der Waals surface area contributed by atoms with Crippen molar-refractivity contribution in [2.24, 2.45) is 0 Å². The Morgan fingerprint density at radius 1 is 0.929 bits per heavy atom. The van der Waals surface area contributed by atoms with Crippen LogP contribution in [0.5, 0.6) is 0 Å². The van der Waals surface area contributed by atoms with E-state index in [0.29, 0.717) is 27.3 Å². The lowest BCUT2D eigenvalue weighted by molar-refractivity contribution is -0.736. The van der Waals surface area contributed by atoms with E-state index in [1.807, 2.05) is 47.0 Å². The van der Waals surface area contributed by atoms with Gasteiger partial charge in [0.05, 0.1) is 10.6 Å². The lowest BCUT2D eigenvalue weighted by atomic mass is 10.1. The Labute approximate surface area is 158 Å². The number of nitrogens with zero attached hydrogens (tertiary/aromatic N) is 4. The molecule has 0 N–H and O–H groups in total. The second kappa shape index (κ2) is 6.02. The Balaban J connectivity index is 1.93. The molecule has 0 amide bonds. The van der Waals surface area contributed by atoms with Gasteiger partial charge in [-0.1, -0.05) is 24.3 Å². The third kappa shape index (κ3) is 2.23. The molecule has 0 aliphatic carbocycles. The minimum absolute atomic E-state index is 0.146. The summed E-state index contributed by atoms with van der Waals surface area (Å²) in [4.78, 5) is 34.9. The Morgan fingerprint density at radius 3 is 2.39 bits per heavy atom. The standard InChI is InChI=1S/C21H15N4O3/c1-28-25(27)15-11-9-14(10-12-15)24-20-19(22-18-8-4-5-13-23(18)20)16-6-2-3-7-17(16)21(24)26/h2-13H,1H3/q+1. The highest BCUT2D eigenvalue weighted by Gasteiger charge is 2.19. The maximum atomic E-state index is 13.4. The molecule has 2 aromatic carbocycles. The number of benzene rings is 2. The molecule has 28 heavy (non-hydrogen) atoms. The van der Waals surface area contributed by atoms with Crippen LogP contribution < -0.4 is 5.56 Å². The highest BCUT2D eigenvalue weighted by atomic mass is 16.8. The predicted octanol–water partition coefficient (Wildman–Crippen LogP) is 3.76. The number of aromatic nitrogens is 3. The number of fused-ring (bicyclic) bond motifs is 5. The summed E-state index contributed by atoms with van der Waals surface area (Å²) in [6, 6.07) is 19.8. The molecule has 3 heterocycles. The van der Waals surface area contributed by atoms with Crippen LogP contribution in [0.25, 0.3) is 33.3 Å². The van der Waals surface area contributed by atoms with Crippen molar-refractivity contribution in [3.8, 4) is 5.69 Å². The van der Waals surface area contributed by atoms with Crippen LogP contribution in [0, 0.1) is 4.91 Å². The molecular weight excluding hydrogens is 356 g/mol. The predicted molar refractivity (Wildman–Crippen MR) is 106 cm³/mol. The van der Waals surface area contributed by atoms with Crippen molar-refractivity contribution in [1.29, 1.82) is 0 Å². The van der Waals surface area contributed by atoms with Crippen LogP contribution >= 0.6 is 0 Å². The highest BCUT2D eigenvalue weighted by Crippen LogP contribution is 2.26.